The molecular formula is C21H16ClF3N6O2. The Hall–Kier alpha value is -3.65. The van der Waals surface area contributed by atoms with Crippen molar-refractivity contribution in [3.63, 3.8) is 0 Å². The summed E-state index contributed by atoms with van der Waals surface area (Å²) >= 11 is 5.87. The van der Waals surface area contributed by atoms with Crippen molar-refractivity contribution in [1.82, 2.24) is 25.1 Å². The first-order valence-electron chi connectivity index (χ1n) is 9.83. The third kappa shape index (κ3) is 5.40. The van der Waals surface area contributed by atoms with Gasteiger partial charge in [0.2, 0.25) is 0 Å². The zero-order valence-corrected chi connectivity index (χ0v) is 17.9. The van der Waals surface area contributed by atoms with E-state index in [0.29, 0.717) is 23.0 Å². The second kappa shape index (κ2) is 8.71. The van der Waals surface area contributed by atoms with Crippen LogP contribution in [0.25, 0.3) is 5.82 Å². The zero-order chi connectivity index (χ0) is 23.8. The SMILES string of the molecule is C[C@H](NC(=O)c1cc(Cl)cc(OC(F)(F)F)c1)c1nc(C2CC2)nn1-c1ccc(C#N)cn1. The molecule has 0 radical (unpaired) electrons. The molecule has 8 nitrogen and oxygen atoms in total. The summed E-state index contributed by atoms with van der Waals surface area (Å²) in [5.41, 5.74) is 0.264. The van der Waals surface area contributed by atoms with Crippen LogP contribution in [0.15, 0.2) is 36.5 Å². The van der Waals surface area contributed by atoms with Gasteiger partial charge in [0.25, 0.3) is 5.91 Å². The number of aromatic nitrogens is 4. The van der Waals surface area contributed by atoms with Crippen molar-refractivity contribution >= 4 is 17.5 Å². The first-order valence-corrected chi connectivity index (χ1v) is 10.2. The topological polar surface area (TPSA) is 106 Å². The van der Waals surface area contributed by atoms with Crippen molar-refractivity contribution in [2.24, 2.45) is 0 Å². The second-order valence-corrected chi connectivity index (χ2v) is 7.89. The number of pyridine rings is 1. The van der Waals surface area contributed by atoms with Gasteiger partial charge in [0, 0.05) is 22.7 Å². The minimum absolute atomic E-state index is 0.0875. The summed E-state index contributed by atoms with van der Waals surface area (Å²) in [4.78, 5) is 21.6. The van der Waals surface area contributed by atoms with Gasteiger partial charge in [-0.1, -0.05) is 11.6 Å². The fourth-order valence-corrected chi connectivity index (χ4v) is 3.34. The molecule has 1 fully saturated rings. The predicted molar refractivity (Wildman–Crippen MR) is 110 cm³/mol. The number of ether oxygens (including phenoxy) is 1. The molecule has 0 bridgehead atoms. The lowest BCUT2D eigenvalue weighted by Crippen LogP contribution is -2.29. The summed E-state index contributed by atoms with van der Waals surface area (Å²) in [7, 11) is 0. The number of rotatable bonds is 6. The maximum absolute atomic E-state index is 12.8. The minimum atomic E-state index is -4.92. The van der Waals surface area contributed by atoms with E-state index in [9.17, 15) is 18.0 Å². The molecular weight excluding hydrogens is 461 g/mol. The fourth-order valence-electron chi connectivity index (χ4n) is 3.11. The second-order valence-electron chi connectivity index (χ2n) is 7.45. The Labute approximate surface area is 191 Å². The molecule has 1 atom stereocenters. The number of nitriles is 1. The third-order valence-corrected chi connectivity index (χ3v) is 5.01. The highest BCUT2D eigenvalue weighted by Crippen LogP contribution is 2.38. The molecule has 0 aliphatic heterocycles. The van der Waals surface area contributed by atoms with Gasteiger partial charge in [0.1, 0.15) is 11.8 Å². The standard InChI is InChI=1S/C21H16ClF3N6O2/c1-11(28-20(32)14-6-15(22)8-16(7-14)33-21(23,24)25)19-29-18(13-3-4-13)30-31(19)17-5-2-12(9-26)10-27-17/h2,5-8,10-11,13H,3-4H2,1H3,(H,28,32)/t11-/m0/s1. The van der Waals surface area contributed by atoms with Gasteiger partial charge in [-0.25, -0.2) is 9.97 Å². The van der Waals surface area contributed by atoms with Crippen molar-refractivity contribution in [1.29, 1.82) is 5.26 Å². The lowest BCUT2D eigenvalue weighted by atomic mass is 10.2. The quantitative estimate of drug-likeness (QED) is 0.563. The zero-order valence-electron chi connectivity index (χ0n) is 17.1. The molecule has 33 heavy (non-hydrogen) atoms. The molecule has 2 aromatic heterocycles. The van der Waals surface area contributed by atoms with E-state index in [1.807, 2.05) is 6.07 Å². The molecule has 1 aromatic carbocycles. The Balaban J connectivity index is 1.60. The number of amides is 1. The summed E-state index contributed by atoms with van der Waals surface area (Å²) in [6, 6.07) is 7.65. The van der Waals surface area contributed by atoms with Gasteiger partial charge < -0.3 is 10.1 Å². The lowest BCUT2D eigenvalue weighted by Gasteiger charge is -2.15. The number of nitrogens with one attached hydrogen (secondary N) is 1. The summed E-state index contributed by atoms with van der Waals surface area (Å²) in [5.74, 6) is 0.354. The highest BCUT2D eigenvalue weighted by molar-refractivity contribution is 6.31. The molecule has 1 aliphatic rings. The molecule has 12 heteroatoms. The van der Waals surface area contributed by atoms with E-state index in [1.165, 1.54) is 16.9 Å². The van der Waals surface area contributed by atoms with E-state index in [-0.39, 0.29) is 16.5 Å². The Bertz CT molecular complexity index is 1230. The van der Waals surface area contributed by atoms with Crippen LogP contribution in [0.1, 0.15) is 59.3 Å². The average molecular weight is 477 g/mol. The minimum Gasteiger partial charge on any atom is -0.406 e. The number of hydrogen-bond donors (Lipinski definition) is 1. The fraction of sp³-hybridized carbons (Fsp3) is 0.286. The lowest BCUT2D eigenvalue weighted by molar-refractivity contribution is -0.274. The maximum Gasteiger partial charge on any atom is 0.573 e. The van der Waals surface area contributed by atoms with Crippen LogP contribution < -0.4 is 10.1 Å². The van der Waals surface area contributed by atoms with Gasteiger partial charge in [-0.15, -0.1) is 18.3 Å². The molecule has 0 spiro atoms. The summed E-state index contributed by atoms with van der Waals surface area (Å²) < 4.78 is 43.0. The van der Waals surface area contributed by atoms with Gasteiger partial charge in [0.05, 0.1) is 11.6 Å². The van der Waals surface area contributed by atoms with Crippen LogP contribution in [-0.4, -0.2) is 32.0 Å². The molecule has 1 saturated carbocycles. The van der Waals surface area contributed by atoms with E-state index in [2.05, 4.69) is 25.1 Å². The molecule has 1 N–H and O–H groups in total. The molecule has 3 aromatic rings. The third-order valence-electron chi connectivity index (χ3n) is 4.79. The molecule has 1 amide bonds. The Morgan fingerprint density at radius 1 is 1.33 bits per heavy atom. The van der Waals surface area contributed by atoms with E-state index < -0.39 is 24.1 Å². The highest BCUT2D eigenvalue weighted by atomic mass is 35.5. The number of halogens is 4. The van der Waals surface area contributed by atoms with E-state index in [4.69, 9.17) is 16.9 Å². The van der Waals surface area contributed by atoms with Crippen LogP contribution in [0.3, 0.4) is 0 Å². The first-order chi connectivity index (χ1) is 15.6. The molecule has 4 rings (SSSR count). The Morgan fingerprint density at radius 2 is 2.09 bits per heavy atom. The van der Waals surface area contributed by atoms with Crippen molar-refractivity contribution in [3.05, 3.63) is 64.3 Å². The van der Waals surface area contributed by atoms with Gasteiger partial charge >= 0.3 is 6.36 Å². The van der Waals surface area contributed by atoms with E-state index in [0.717, 1.165) is 25.0 Å². The average Bonchev–Trinajstić information content (AvgIpc) is 3.50. The number of benzene rings is 1. The number of alkyl halides is 3. The largest absolute Gasteiger partial charge is 0.573 e. The van der Waals surface area contributed by atoms with Crippen LogP contribution in [0.2, 0.25) is 5.02 Å². The molecule has 1 aliphatic carbocycles. The van der Waals surface area contributed by atoms with Crippen LogP contribution >= 0.6 is 11.6 Å². The smallest absolute Gasteiger partial charge is 0.406 e. The summed E-state index contributed by atoms with van der Waals surface area (Å²) in [6.07, 6.45) is -1.62. The van der Waals surface area contributed by atoms with Gasteiger partial charge in [-0.2, -0.15) is 9.94 Å². The number of carbonyl (C=O) groups excluding carboxylic acids is 1. The highest BCUT2D eigenvalue weighted by Gasteiger charge is 2.32. The molecule has 0 saturated heterocycles. The van der Waals surface area contributed by atoms with Crippen LogP contribution in [0.4, 0.5) is 13.2 Å². The monoisotopic (exact) mass is 476 g/mol. The number of carbonyl (C=O) groups is 1. The van der Waals surface area contributed by atoms with Gasteiger partial charge in [-0.05, 0) is 50.1 Å². The van der Waals surface area contributed by atoms with Crippen molar-refractivity contribution < 1.29 is 22.7 Å². The van der Waals surface area contributed by atoms with Crippen molar-refractivity contribution in [2.75, 3.05) is 0 Å². The van der Waals surface area contributed by atoms with Gasteiger partial charge in [0.15, 0.2) is 17.5 Å². The molecule has 2 heterocycles. The molecule has 0 unspecified atom stereocenters. The molecule has 170 valence electrons. The number of hydrogen-bond acceptors (Lipinski definition) is 6. The van der Waals surface area contributed by atoms with Crippen molar-refractivity contribution in [2.45, 2.75) is 38.1 Å². The summed E-state index contributed by atoms with van der Waals surface area (Å²) in [6.45, 7) is 1.66. The Morgan fingerprint density at radius 3 is 2.70 bits per heavy atom. The maximum atomic E-state index is 12.8. The normalized spacial score (nSPS) is 14.4. The Kier molecular flexibility index (Phi) is 5.95. The van der Waals surface area contributed by atoms with Gasteiger partial charge in [-0.3, -0.25) is 4.79 Å². The van der Waals surface area contributed by atoms with Crippen LogP contribution in [-0.2, 0) is 0 Å². The number of nitrogens with zero attached hydrogens (tertiary/aromatic N) is 5. The van der Waals surface area contributed by atoms with E-state index in [1.54, 1.807) is 19.1 Å². The predicted octanol–water partition coefficient (Wildman–Crippen LogP) is 4.45. The van der Waals surface area contributed by atoms with E-state index >= 15 is 0 Å². The van der Waals surface area contributed by atoms with Crippen LogP contribution in [0, 0.1) is 11.3 Å². The van der Waals surface area contributed by atoms with Crippen molar-refractivity contribution in [3.8, 4) is 17.6 Å². The first kappa shape index (κ1) is 22.5. The van der Waals surface area contributed by atoms with Crippen LogP contribution in [0.5, 0.6) is 5.75 Å². The summed E-state index contributed by atoms with van der Waals surface area (Å²) in [5, 5.41) is 16.1.